The van der Waals surface area contributed by atoms with Crippen LogP contribution >= 0.6 is 27.5 Å². The third-order valence-corrected chi connectivity index (χ3v) is 6.46. The molecule has 2 aromatic carbocycles. The molecule has 7 heteroatoms. The second kappa shape index (κ2) is 11.9. The molecular formula is C26H34BrClN2O3. The van der Waals surface area contributed by atoms with E-state index in [1.807, 2.05) is 44.2 Å². The number of amides is 2. The van der Waals surface area contributed by atoms with Gasteiger partial charge >= 0.3 is 0 Å². The predicted molar refractivity (Wildman–Crippen MR) is 138 cm³/mol. The van der Waals surface area contributed by atoms with Gasteiger partial charge in [-0.15, -0.1) is 0 Å². The first kappa shape index (κ1) is 27.2. The Balaban J connectivity index is 2.18. The molecule has 0 spiro atoms. The van der Waals surface area contributed by atoms with Gasteiger partial charge in [-0.2, -0.15) is 0 Å². The van der Waals surface area contributed by atoms with E-state index in [0.717, 1.165) is 22.0 Å². The van der Waals surface area contributed by atoms with E-state index in [4.69, 9.17) is 16.3 Å². The van der Waals surface area contributed by atoms with Crippen LogP contribution < -0.4 is 10.1 Å². The summed E-state index contributed by atoms with van der Waals surface area (Å²) in [6.45, 7) is 12.2. The standard InChI is InChI=1S/C26H34BrClN2O3/c1-7-17(2)29-25(32)18(3)30(15-19-8-11-21(28)12-9-19)24(31)16-33-23-13-10-20(14-22(23)27)26(4,5)6/h8-14,17-18H,7,15-16H2,1-6H3,(H,29,32)/t17-,18-/m0/s1. The van der Waals surface area contributed by atoms with Crippen LogP contribution in [-0.2, 0) is 21.5 Å². The van der Waals surface area contributed by atoms with Gasteiger partial charge in [0.05, 0.1) is 4.47 Å². The van der Waals surface area contributed by atoms with Gasteiger partial charge in [-0.05, 0) is 77.0 Å². The van der Waals surface area contributed by atoms with Crippen LogP contribution in [0.2, 0.25) is 5.02 Å². The maximum Gasteiger partial charge on any atom is 0.261 e. The van der Waals surface area contributed by atoms with Gasteiger partial charge < -0.3 is 15.0 Å². The minimum absolute atomic E-state index is 0.00463. The van der Waals surface area contributed by atoms with Crippen molar-refractivity contribution in [2.24, 2.45) is 0 Å². The number of hydrogen-bond donors (Lipinski definition) is 1. The van der Waals surface area contributed by atoms with Gasteiger partial charge in [-0.3, -0.25) is 9.59 Å². The monoisotopic (exact) mass is 536 g/mol. The first-order valence-electron chi connectivity index (χ1n) is 11.2. The van der Waals surface area contributed by atoms with Crippen LogP contribution in [-0.4, -0.2) is 35.4 Å². The first-order valence-corrected chi connectivity index (χ1v) is 12.4. The van der Waals surface area contributed by atoms with Crippen molar-refractivity contribution in [1.82, 2.24) is 10.2 Å². The summed E-state index contributed by atoms with van der Waals surface area (Å²) in [6.07, 6.45) is 0.811. The van der Waals surface area contributed by atoms with Crippen molar-refractivity contribution >= 4 is 39.3 Å². The van der Waals surface area contributed by atoms with E-state index in [2.05, 4.69) is 42.0 Å². The number of rotatable bonds is 9. The summed E-state index contributed by atoms with van der Waals surface area (Å²) in [5, 5.41) is 3.58. The predicted octanol–water partition coefficient (Wildman–Crippen LogP) is 6.11. The van der Waals surface area contributed by atoms with Crippen LogP contribution in [0.25, 0.3) is 0 Å². The highest BCUT2D eigenvalue weighted by Gasteiger charge is 2.27. The van der Waals surface area contributed by atoms with E-state index in [9.17, 15) is 9.59 Å². The van der Waals surface area contributed by atoms with E-state index < -0.39 is 6.04 Å². The maximum absolute atomic E-state index is 13.2. The van der Waals surface area contributed by atoms with E-state index >= 15 is 0 Å². The number of benzene rings is 2. The Morgan fingerprint density at radius 3 is 2.30 bits per heavy atom. The van der Waals surface area contributed by atoms with Gasteiger partial charge in [0, 0.05) is 17.6 Å². The molecule has 180 valence electrons. The Hall–Kier alpha value is -2.05. The van der Waals surface area contributed by atoms with Gasteiger partial charge in [-0.25, -0.2) is 0 Å². The normalized spacial score (nSPS) is 13.2. The lowest BCUT2D eigenvalue weighted by Crippen LogP contribution is -2.50. The number of carbonyl (C=O) groups excluding carboxylic acids is 2. The van der Waals surface area contributed by atoms with Crippen LogP contribution in [0.3, 0.4) is 0 Å². The van der Waals surface area contributed by atoms with Crippen molar-refractivity contribution in [3.05, 3.63) is 63.1 Å². The lowest BCUT2D eigenvalue weighted by Gasteiger charge is -2.29. The maximum atomic E-state index is 13.2. The van der Waals surface area contributed by atoms with Crippen molar-refractivity contribution in [3.63, 3.8) is 0 Å². The Kier molecular flexibility index (Phi) is 9.80. The molecule has 0 bridgehead atoms. The molecule has 0 heterocycles. The van der Waals surface area contributed by atoms with Gasteiger partial charge in [0.1, 0.15) is 11.8 Å². The fourth-order valence-corrected chi connectivity index (χ4v) is 3.76. The van der Waals surface area contributed by atoms with Crippen LogP contribution in [0.4, 0.5) is 0 Å². The van der Waals surface area contributed by atoms with Gasteiger partial charge in [-0.1, -0.05) is 57.5 Å². The third kappa shape index (κ3) is 8.04. The molecule has 0 radical (unpaired) electrons. The van der Waals surface area contributed by atoms with Gasteiger partial charge in [0.2, 0.25) is 5.91 Å². The minimum Gasteiger partial charge on any atom is -0.483 e. The van der Waals surface area contributed by atoms with Gasteiger partial charge in [0.15, 0.2) is 6.61 Å². The largest absolute Gasteiger partial charge is 0.483 e. The summed E-state index contributed by atoms with van der Waals surface area (Å²) < 4.78 is 6.63. The Morgan fingerprint density at radius 2 is 1.76 bits per heavy atom. The summed E-state index contributed by atoms with van der Waals surface area (Å²) in [6, 6.07) is 12.5. The fraction of sp³-hybridized carbons (Fsp3) is 0.462. The molecule has 2 amide bonds. The molecule has 0 unspecified atom stereocenters. The third-order valence-electron chi connectivity index (χ3n) is 5.58. The average Bonchev–Trinajstić information content (AvgIpc) is 2.76. The lowest BCUT2D eigenvalue weighted by molar-refractivity contribution is -0.142. The molecule has 0 saturated heterocycles. The van der Waals surface area contributed by atoms with Crippen LogP contribution in [0.1, 0.15) is 59.1 Å². The second-order valence-corrected chi connectivity index (χ2v) is 10.6. The summed E-state index contributed by atoms with van der Waals surface area (Å²) in [7, 11) is 0. The Morgan fingerprint density at radius 1 is 1.12 bits per heavy atom. The van der Waals surface area contributed by atoms with Crippen molar-refractivity contribution < 1.29 is 14.3 Å². The molecule has 2 aromatic rings. The highest BCUT2D eigenvalue weighted by Crippen LogP contribution is 2.31. The van der Waals surface area contributed by atoms with Crippen LogP contribution in [0, 0.1) is 0 Å². The molecule has 0 fully saturated rings. The number of halogens is 2. The zero-order chi connectivity index (χ0) is 24.8. The second-order valence-electron chi connectivity index (χ2n) is 9.33. The van der Waals surface area contributed by atoms with Gasteiger partial charge in [0.25, 0.3) is 5.91 Å². The number of carbonyl (C=O) groups is 2. The quantitative estimate of drug-likeness (QED) is 0.420. The van der Waals surface area contributed by atoms with Crippen LogP contribution in [0.5, 0.6) is 5.75 Å². The average molecular weight is 538 g/mol. The van der Waals surface area contributed by atoms with E-state index in [1.165, 1.54) is 0 Å². The molecule has 0 aliphatic rings. The molecule has 0 aliphatic heterocycles. The zero-order valence-electron chi connectivity index (χ0n) is 20.2. The summed E-state index contributed by atoms with van der Waals surface area (Å²) in [4.78, 5) is 27.5. The minimum atomic E-state index is -0.655. The molecular weight excluding hydrogens is 504 g/mol. The topological polar surface area (TPSA) is 58.6 Å². The van der Waals surface area contributed by atoms with Crippen molar-refractivity contribution in [3.8, 4) is 5.75 Å². The number of ether oxygens (including phenoxy) is 1. The molecule has 2 atom stereocenters. The van der Waals surface area contributed by atoms with E-state index in [0.29, 0.717) is 10.8 Å². The van der Waals surface area contributed by atoms with Crippen molar-refractivity contribution in [2.45, 2.75) is 72.0 Å². The molecule has 0 aliphatic carbocycles. The zero-order valence-corrected chi connectivity index (χ0v) is 22.6. The molecule has 33 heavy (non-hydrogen) atoms. The van der Waals surface area contributed by atoms with Crippen molar-refractivity contribution in [1.29, 1.82) is 0 Å². The summed E-state index contributed by atoms with van der Waals surface area (Å²) in [5.41, 5.74) is 2.05. The SMILES string of the molecule is CC[C@H](C)NC(=O)[C@H](C)N(Cc1ccc(Cl)cc1)C(=O)COc1ccc(C(C)(C)C)cc1Br. The summed E-state index contributed by atoms with van der Waals surface area (Å²) in [5.74, 6) is 0.116. The molecule has 5 nitrogen and oxygen atoms in total. The highest BCUT2D eigenvalue weighted by atomic mass is 79.9. The summed E-state index contributed by atoms with van der Waals surface area (Å²) >= 11 is 9.55. The molecule has 0 aromatic heterocycles. The van der Waals surface area contributed by atoms with Crippen molar-refractivity contribution in [2.75, 3.05) is 6.61 Å². The molecule has 0 saturated carbocycles. The molecule has 2 rings (SSSR count). The molecule has 1 N–H and O–H groups in total. The number of nitrogens with zero attached hydrogens (tertiary/aromatic N) is 1. The lowest BCUT2D eigenvalue weighted by atomic mass is 9.87. The Bertz CT molecular complexity index is 957. The number of hydrogen-bond acceptors (Lipinski definition) is 3. The fourth-order valence-electron chi connectivity index (χ4n) is 3.14. The Labute approximate surface area is 211 Å². The number of nitrogens with one attached hydrogen (secondary N) is 1. The van der Waals surface area contributed by atoms with E-state index in [-0.39, 0.29) is 36.4 Å². The van der Waals surface area contributed by atoms with E-state index in [1.54, 1.807) is 24.0 Å². The smallest absolute Gasteiger partial charge is 0.261 e. The van der Waals surface area contributed by atoms with Crippen LogP contribution in [0.15, 0.2) is 46.9 Å². The first-order chi connectivity index (χ1) is 15.4. The highest BCUT2D eigenvalue weighted by molar-refractivity contribution is 9.10.